The molecule has 0 spiro atoms. The zero-order valence-corrected chi connectivity index (χ0v) is 15.0. The number of benzene rings is 2. The number of aliphatic imine (C=N–C) groups is 1. The second-order valence-electron chi connectivity index (χ2n) is 6.66. The SMILES string of the molecule is C[C@H]1N=C(c2cccc(C#N)c2)NC1(c1ccc(F)cc1)c1ccc(F)nc1. The largest absolute Gasteiger partial charge is 0.354 e. The lowest BCUT2D eigenvalue weighted by molar-refractivity contribution is 0.430. The summed E-state index contributed by atoms with van der Waals surface area (Å²) in [4.78, 5) is 8.56. The molecule has 1 aliphatic heterocycles. The predicted molar refractivity (Wildman–Crippen MR) is 102 cm³/mol. The van der Waals surface area contributed by atoms with Gasteiger partial charge in [0.15, 0.2) is 0 Å². The maximum absolute atomic E-state index is 13.5. The molecule has 2 aromatic carbocycles. The van der Waals surface area contributed by atoms with Crippen LogP contribution in [0.5, 0.6) is 0 Å². The Morgan fingerprint density at radius 2 is 1.79 bits per heavy atom. The maximum atomic E-state index is 13.5. The van der Waals surface area contributed by atoms with Crippen molar-refractivity contribution in [2.24, 2.45) is 4.99 Å². The van der Waals surface area contributed by atoms with Crippen molar-refractivity contribution in [3.8, 4) is 6.07 Å². The molecule has 0 amide bonds. The van der Waals surface area contributed by atoms with Crippen LogP contribution in [0.3, 0.4) is 0 Å². The monoisotopic (exact) mass is 374 g/mol. The number of nitrogens with one attached hydrogen (secondary N) is 1. The number of pyridine rings is 1. The van der Waals surface area contributed by atoms with Crippen LogP contribution in [0, 0.1) is 23.1 Å². The summed E-state index contributed by atoms with van der Waals surface area (Å²) in [5, 5.41) is 12.6. The van der Waals surface area contributed by atoms with Gasteiger partial charge in [0, 0.05) is 17.3 Å². The Kier molecular flexibility index (Phi) is 4.36. The molecule has 138 valence electrons. The van der Waals surface area contributed by atoms with Crippen molar-refractivity contribution in [3.05, 3.63) is 101 Å². The Morgan fingerprint density at radius 3 is 2.46 bits per heavy atom. The second-order valence-corrected chi connectivity index (χ2v) is 6.66. The summed E-state index contributed by atoms with van der Waals surface area (Å²) < 4.78 is 27.0. The molecule has 3 aromatic rings. The molecular formula is C22H16F2N4. The maximum Gasteiger partial charge on any atom is 0.212 e. The summed E-state index contributed by atoms with van der Waals surface area (Å²) in [6.45, 7) is 1.93. The summed E-state index contributed by atoms with van der Waals surface area (Å²) in [5.74, 6) is -0.311. The number of amidine groups is 1. The van der Waals surface area contributed by atoms with Gasteiger partial charge in [-0.25, -0.2) is 9.37 Å². The second kappa shape index (κ2) is 6.86. The molecule has 1 aliphatic rings. The van der Waals surface area contributed by atoms with E-state index in [9.17, 15) is 14.0 Å². The van der Waals surface area contributed by atoms with Crippen molar-refractivity contribution in [2.75, 3.05) is 0 Å². The summed E-state index contributed by atoms with van der Waals surface area (Å²) in [5.41, 5.74) is 1.95. The van der Waals surface area contributed by atoms with Crippen molar-refractivity contribution in [3.63, 3.8) is 0 Å². The predicted octanol–water partition coefficient (Wildman–Crippen LogP) is 3.91. The lowest BCUT2D eigenvalue weighted by Gasteiger charge is -2.34. The van der Waals surface area contributed by atoms with Crippen LogP contribution in [0.2, 0.25) is 0 Å². The van der Waals surface area contributed by atoms with Gasteiger partial charge in [-0.15, -0.1) is 0 Å². The van der Waals surface area contributed by atoms with Crippen LogP contribution in [-0.4, -0.2) is 16.9 Å². The minimum atomic E-state index is -0.841. The van der Waals surface area contributed by atoms with Crippen LogP contribution >= 0.6 is 0 Å². The van der Waals surface area contributed by atoms with Gasteiger partial charge >= 0.3 is 0 Å². The fraction of sp³-hybridized carbons (Fsp3) is 0.136. The summed E-state index contributed by atoms with van der Waals surface area (Å²) in [6, 6.07) is 18.1. The van der Waals surface area contributed by atoms with Crippen molar-refractivity contribution < 1.29 is 8.78 Å². The van der Waals surface area contributed by atoms with Gasteiger partial charge in [-0.1, -0.05) is 30.3 Å². The van der Waals surface area contributed by atoms with Crippen molar-refractivity contribution in [1.82, 2.24) is 10.3 Å². The van der Waals surface area contributed by atoms with Crippen molar-refractivity contribution in [2.45, 2.75) is 18.5 Å². The molecule has 2 heterocycles. The molecule has 1 aromatic heterocycles. The lowest BCUT2D eigenvalue weighted by Crippen LogP contribution is -2.48. The van der Waals surface area contributed by atoms with E-state index >= 15 is 0 Å². The molecule has 28 heavy (non-hydrogen) atoms. The van der Waals surface area contributed by atoms with Crippen LogP contribution in [0.15, 0.2) is 71.9 Å². The number of halogens is 2. The smallest absolute Gasteiger partial charge is 0.212 e. The first-order valence-electron chi connectivity index (χ1n) is 8.77. The van der Waals surface area contributed by atoms with Crippen molar-refractivity contribution in [1.29, 1.82) is 5.26 Å². The lowest BCUT2D eigenvalue weighted by atomic mass is 9.79. The van der Waals surface area contributed by atoms with Crippen LogP contribution in [0.25, 0.3) is 0 Å². The quantitative estimate of drug-likeness (QED) is 0.707. The Labute approximate surface area is 161 Å². The third-order valence-corrected chi connectivity index (χ3v) is 5.01. The minimum absolute atomic E-state index is 0.286. The van der Waals surface area contributed by atoms with E-state index in [1.807, 2.05) is 13.0 Å². The molecule has 0 saturated heterocycles. The fourth-order valence-electron chi connectivity index (χ4n) is 3.61. The highest BCUT2D eigenvalue weighted by Crippen LogP contribution is 2.38. The van der Waals surface area contributed by atoms with Gasteiger partial charge in [0.25, 0.3) is 0 Å². The van der Waals surface area contributed by atoms with E-state index in [1.165, 1.54) is 24.4 Å². The zero-order chi connectivity index (χ0) is 19.7. The van der Waals surface area contributed by atoms with Gasteiger partial charge in [0.2, 0.25) is 5.95 Å². The number of nitrogens with zero attached hydrogens (tertiary/aromatic N) is 3. The molecular weight excluding hydrogens is 358 g/mol. The highest BCUT2D eigenvalue weighted by atomic mass is 19.1. The molecule has 1 unspecified atom stereocenters. The molecule has 0 saturated carbocycles. The molecule has 0 fully saturated rings. The number of hydrogen-bond donors (Lipinski definition) is 1. The fourth-order valence-corrected chi connectivity index (χ4v) is 3.61. The average Bonchev–Trinajstić information content (AvgIpc) is 3.07. The first-order valence-corrected chi connectivity index (χ1v) is 8.77. The average molecular weight is 374 g/mol. The van der Waals surface area contributed by atoms with E-state index < -0.39 is 11.5 Å². The standard InChI is InChI=1S/C22H16F2N4/c1-14-22(17-5-8-19(23)9-6-17,18-7-10-20(24)26-13-18)28-21(27-14)16-4-2-3-15(11-16)12-25/h2-11,13-14H,1H3,(H,27,28)/t14-,22?/m1/s1. The molecule has 4 nitrogen and oxygen atoms in total. The van der Waals surface area contributed by atoms with Gasteiger partial charge in [-0.05, 0) is 42.8 Å². The van der Waals surface area contributed by atoms with Gasteiger partial charge in [-0.3, -0.25) is 4.99 Å². The number of rotatable bonds is 3. The van der Waals surface area contributed by atoms with E-state index in [0.29, 0.717) is 17.0 Å². The van der Waals surface area contributed by atoms with Crippen LogP contribution < -0.4 is 5.32 Å². The molecule has 0 aliphatic carbocycles. The van der Waals surface area contributed by atoms with E-state index in [0.717, 1.165) is 11.1 Å². The minimum Gasteiger partial charge on any atom is -0.354 e. The Balaban J connectivity index is 1.84. The zero-order valence-electron chi connectivity index (χ0n) is 15.0. The van der Waals surface area contributed by atoms with Gasteiger partial charge in [-0.2, -0.15) is 9.65 Å². The molecule has 6 heteroatoms. The highest BCUT2D eigenvalue weighted by molar-refractivity contribution is 6.01. The Bertz CT molecular complexity index is 1040. The Hall–Kier alpha value is -3.59. The van der Waals surface area contributed by atoms with Crippen LogP contribution in [-0.2, 0) is 5.54 Å². The first kappa shape index (κ1) is 17.8. The van der Waals surface area contributed by atoms with E-state index in [1.54, 1.807) is 36.4 Å². The first-order chi connectivity index (χ1) is 13.5. The molecule has 1 N–H and O–H groups in total. The van der Waals surface area contributed by atoms with Crippen LogP contribution in [0.1, 0.15) is 29.2 Å². The molecule has 0 bridgehead atoms. The normalized spacial score (nSPS) is 20.9. The number of hydrogen-bond acceptors (Lipinski definition) is 4. The summed E-state index contributed by atoms with van der Waals surface area (Å²) in [7, 11) is 0. The topological polar surface area (TPSA) is 61.1 Å². The van der Waals surface area contributed by atoms with Gasteiger partial charge in [0.1, 0.15) is 17.2 Å². The van der Waals surface area contributed by atoms with Gasteiger partial charge < -0.3 is 5.32 Å². The third kappa shape index (κ3) is 2.91. The molecule has 0 radical (unpaired) electrons. The number of nitriles is 1. The number of aromatic nitrogens is 1. The van der Waals surface area contributed by atoms with Crippen molar-refractivity contribution >= 4 is 5.84 Å². The third-order valence-electron chi connectivity index (χ3n) is 5.01. The van der Waals surface area contributed by atoms with E-state index in [-0.39, 0.29) is 11.9 Å². The molecule has 4 rings (SSSR count). The van der Waals surface area contributed by atoms with Crippen LogP contribution in [0.4, 0.5) is 8.78 Å². The summed E-state index contributed by atoms with van der Waals surface area (Å²) >= 11 is 0. The Morgan fingerprint density at radius 1 is 1.04 bits per heavy atom. The van der Waals surface area contributed by atoms with Gasteiger partial charge in [0.05, 0.1) is 17.7 Å². The highest BCUT2D eigenvalue weighted by Gasteiger charge is 2.45. The summed E-state index contributed by atoms with van der Waals surface area (Å²) in [6.07, 6.45) is 1.46. The van der Waals surface area contributed by atoms with E-state index in [4.69, 9.17) is 4.99 Å². The molecule has 2 atom stereocenters. The van der Waals surface area contributed by atoms with E-state index in [2.05, 4.69) is 16.4 Å².